The lowest BCUT2D eigenvalue weighted by Crippen LogP contribution is -2.32. The Labute approximate surface area is 115 Å². The molecule has 0 aliphatic heterocycles. The quantitative estimate of drug-likeness (QED) is 0.730. The van der Waals surface area contributed by atoms with Gasteiger partial charge in [-0.15, -0.1) is 0 Å². The summed E-state index contributed by atoms with van der Waals surface area (Å²) in [7, 11) is 0. The molecular weight excluding hydrogens is 249 g/mol. The van der Waals surface area contributed by atoms with E-state index in [1.165, 1.54) is 12.8 Å². The molecule has 1 atom stereocenters. The molecular formula is C15H23ClFN. The van der Waals surface area contributed by atoms with E-state index in [2.05, 4.69) is 19.2 Å². The fourth-order valence-electron chi connectivity index (χ4n) is 2.05. The summed E-state index contributed by atoms with van der Waals surface area (Å²) in [5, 5.41) is 3.71. The third kappa shape index (κ3) is 4.95. The maximum Gasteiger partial charge on any atom is 0.145 e. The Hall–Kier alpha value is -0.600. The van der Waals surface area contributed by atoms with Crippen molar-refractivity contribution in [2.24, 2.45) is 0 Å². The van der Waals surface area contributed by atoms with Crippen molar-refractivity contribution in [3.63, 3.8) is 0 Å². The zero-order valence-electron chi connectivity index (χ0n) is 11.3. The van der Waals surface area contributed by atoms with Crippen LogP contribution >= 0.6 is 11.6 Å². The summed E-state index contributed by atoms with van der Waals surface area (Å²) in [6.07, 6.45) is 5.24. The average molecular weight is 272 g/mol. The van der Waals surface area contributed by atoms with E-state index in [9.17, 15) is 4.39 Å². The molecule has 0 heterocycles. The number of rotatable bonds is 8. The van der Waals surface area contributed by atoms with Crippen molar-refractivity contribution in [2.45, 2.75) is 52.0 Å². The van der Waals surface area contributed by atoms with Gasteiger partial charge in [-0.25, -0.2) is 4.39 Å². The Balaban J connectivity index is 2.65. The first kappa shape index (κ1) is 15.5. The molecule has 0 radical (unpaired) electrons. The molecule has 1 aromatic rings. The minimum Gasteiger partial charge on any atom is -0.314 e. The Morgan fingerprint density at radius 1 is 1.28 bits per heavy atom. The van der Waals surface area contributed by atoms with Crippen LogP contribution in [-0.4, -0.2) is 12.6 Å². The second-order valence-corrected chi connectivity index (χ2v) is 5.12. The number of benzene rings is 1. The normalized spacial score (nSPS) is 12.7. The maximum absolute atomic E-state index is 13.8. The summed E-state index contributed by atoms with van der Waals surface area (Å²) in [5.74, 6) is -0.265. The van der Waals surface area contributed by atoms with E-state index in [-0.39, 0.29) is 10.8 Å². The zero-order chi connectivity index (χ0) is 13.4. The summed E-state index contributed by atoms with van der Waals surface area (Å²) in [4.78, 5) is 0. The van der Waals surface area contributed by atoms with Gasteiger partial charge >= 0.3 is 0 Å². The molecule has 0 spiro atoms. The molecule has 0 aromatic heterocycles. The molecule has 0 amide bonds. The maximum atomic E-state index is 13.8. The molecule has 3 heteroatoms. The van der Waals surface area contributed by atoms with E-state index < -0.39 is 0 Å². The van der Waals surface area contributed by atoms with Crippen molar-refractivity contribution in [3.8, 4) is 0 Å². The van der Waals surface area contributed by atoms with Gasteiger partial charge in [0, 0.05) is 6.04 Å². The Bertz CT molecular complexity index is 346. The number of nitrogens with one attached hydrogen (secondary N) is 1. The van der Waals surface area contributed by atoms with Crippen LogP contribution in [0.5, 0.6) is 0 Å². The summed E-state index contributed by atoms with van der Waals surface area (Å²) >= 11 is 5.81. The van der Waals surface area contributed by atoms with Crippen molar-refractivity contribution in [1.29, 1.82) is 0 Å². The van der Waals surface area contributed by atoms with E-state index in [1.54, 1.807) is 6.07 Å². The van der Waals surface area contributed by atoms with Crippen LogP contribution in [0.2, 0.25) is 5.02 Å². The lowest BCUT2D eigenvalue weighted by atomic mass is 10.0. The van der Waals surface area contributed by atoms with Crippen LogP contribution in [0.3, 0.4) is 0 Å². The summed E-state index contributed by atoms with van der Waals surface area (Å²) in [6.45, 7) is 5.30. The average Bonchev–Trinajstić information content (AvgIpc) is 2.38. The van der Waals surface area contributed by atoms with Gasteiger partial charge in [0.25, 0.3) is 0 Å². The second kappa shape index (κ2) is 8.49. The van der Waals surface area contributed by atoms with Gasteiger partial charge in [0.05, 0.1) is 5.02 Å². The van der Waals surface area contributed by atoms with Crippen LogP contribution in [-0.2, 0) is 6.42 Å². The van der Waals surface area contributed by atoms with Crippen LogP contribution in [0.4, 0.5) is 4.39 Å². The highest BCUT2D eigenvalue weighted by atomic mass is 35.5. The molecule has 0 aliphatic rings. The molecule has 0 aliphatic carbocycles. The highest BCUT2D eigenvalue weighted by molar-refractivity contribution is 6.30. The zero-order valence-corrected chi connectivity index (χ0v) is 12.1. The first-order valence-electron chi connectivity index (χ1n) is 6.85. The smallest absolute Gasteiger partial charge is 0.145 e. The molecule has 1 N–H and O–H groups in total. The van der Waals surface area contributed by atoms with Crippen LogP contribution in [0, 0.1) is 5.82 Å². The molecule has 1 rings (SSSR count). The van der Waals surface area contributed by atoms with Gasteiger partial charge in [0.1, 0.15) is 5.82 Å². The van der Waals surface area contributed by atoms with Crippen molar-refractivity contribution in [2.75, 3.05) is 6.54 Å². The largest absolute Gasteiger partial charge is 0.314 e. The van der Waals surface area contributed by atoms with Crippen LogP contribution in [0.25, 0.3) is 0 Å². The summed E-state index contributed by atoms with van der Waals surface area (Å²) < 4.78 is 13.8. The summed E-state index contributed by atoms with van der Waals surface area (Å²) in [6, 6.07) is 5.59. The minimum absolute atomic E-state index is 0.220. The lowest BCUT2D eigenvalue weighted by molar-refractivity contribution is 0.454. The van der Waals surface area contributed by atoms with Crippen molar-refractivity contribution in [1.82, 2.24) is 5.32 Å². The number of unbranched alkanes of at least 4 members (excludes halogenated alkanes) is 1. The fourth-order valence-corrected chi connectivity index (χ4v) is 2.24. The molecule has 102 valence electrons. The molecule has 0 bridgehead atoms. The Morgan fingerprint density at radius 3 is 2.72 bits per heavy atom. The van der Waals surface area contributed by atoms with Gasteiger partial charge in [-0.05, 0) is 37.4 Å². The highest BCUT2D eigenvalue weighted by Gasteiger charge is 2.12. The van der Waals surface area contributed by atoms with Gasteiger partial charge in [-0.2, -0.15) is 0 Å². The second-order valence-electron chi connectivity index (χ2n) is 4.71. The van der Waals surface area contributed by atoms with Crippen LogP contribution in [0.15, 0.2) is 18.2 Å². The van der Waals surface area contributed by atoms with Gasteiger partial charge in [-0.1, -0.05) is 50.4 Å². The predicted octanol–water partition coefficient (Wildman–Crippen LogP) is 4.58. The van der Waals surface area contributed by atoms with Gasteiger partial charge in [-0.3, -0.25) is 0 Å². The lowest BCUT2D eigenvalue weighted by Gasteiger charge is -2.19. The topological polar surface area (TPSA) is 12.0 Å². The SMILES string of the molecule is CCCCC(Cc1cccc(Cl)c1F)NCCC. The molecule has 1 aromatic carbocycles. The number of halogens is 2. The minimum atomic E-state index is -0.265. The third-order valence-electron chi connectivity index (χ3n) is 3.09. The fraction of sp³-hybridized carbons (Fsp3) is 0.600. The van der Waals surface area contributed by atoms with Gasteiger partial charge < -0.3 is 5.32 Å². The monoisotopic (exact) mass is 271 g/mol. The molecule has 0 fully saturated rings. The molecule has 0 saturated carbocycles. The molecule has 1 nitrogen and oxygen atoms in total. The van der Waals surface area contributed by atoms with Crippen molar-refractivity contribution >= 4 is 11.6 Å². The first-order chi connectivity index (χ1) is 8.69. The first-order valence-corrected chi connectivity index (χ1v) is 7.23. The molecule has 1 unspecified atom stereocenters. The Morgan fingerprint density at radius 2 is 2.06 bits per heavy atom. The Kier molecular flexibility index (Phi) is 7.29. The van der Waals surface area contributed by atoms with Gasteiger partial charge in [0.2, 0.25) is 0 Å². The summed E-state index contributed by atoms with van der Waals surface area (Å²) in [5.41, 5.74) is 0.715. The highest BCUT2D eigenvalue weighted by Crippen LogP contribution is 2.20. The van der Waals surface area contributed by atoms with E-state index in [0.29, 0.717) is 18.0 Å². The van der Waals surface area contributed by atoms with Crippen LogP contribution < -0.4 is 5.32 Å². The van der Waals surface area contributed by atoms with Crippen LogP contribution in [0.1, 0.15) is 45.1 Å². The van der Waals surface area contributed by atoms with E-state index >= 15 is 0 Å². The van der Waals surface area contributed by atoms with E-state index in [4.69, 9.17) is 11.6 Å². The number of hydrogen-bond acceptors (Lipinski definition) is 1. The standard InChI is InChI=1S/C15H23ClFN/c1-3-5-8-13(18-10-4-2)11-12-7-6-9-14(16)15(12)17/h6-7,9,13,18H,3-5,8,10-11H2,1-2H3. The van der Waals surface area contributed by atoms with Gasteiger partial charge in [0.15, 0.2) is 0 Å². The molecule has 0 saturated heterocycles. The number of hydrogen-bond donors (Lipinski definition) is 1. The molecule has 18 heavy (non-hydrogen) atoms. The van der Waals surface area contributed by atoms with E-state index in [1.807, 2.05) is 12.1 Å². The van der Waals surface area contributed by atoms with E-state index in [0.717, 1.165) is 19.4 Å². The predicted molar refractivity (Wildman–Crippen MR) is 76.7 cm³/mol. The third-order valence-corrected chi connectivity index (χ3v) is 3.38. The van der Waals surface area contributed by atoms with Crippen molar-refractivity contribution in [3.05, 3.63) is 34.6 Å². The van der Waals surface area contributed by atoms with Crippen molar-refractivity contribution < 1.29 is 4.39 Å².